The maximum absolute atomic E-state index is 6.53. The molecule has 5 heteroatoms. The first-order valence-corrected chi connectivity index (χ1v) is 8.40. The Bertz CT molecular complexity index is 534. The monoisotopic (exact) mass is 324 g/mol. The molecule has 1 aliphatic carbocycles. The molecule has 2 atom stereocenters. The molecule has 2 fully saturated rings. The minimum atomic E-state index is 0.299. The van der Waals surface area contributed by atoms with E-state index in [1.54, 1.807) is 7.11 Å². The second-order valence-corrected chi connectivity index (χ2v) is 6.98. The SMILES string of the molecule is COc1cc(C2CC(CN)CN2C)c(Cl)cc1OCC1CC1. The number of ether oxygens (including phenoxy) is 2. The normalized spacial score (nSPS) is 25.5. The Morgan fingerprint density at radius 2 is 2.05 bits per heavy atom. The average molecular weight is 325 g/mol. The van der Waals surface area contributed by atoms with Gasteiger partial charge in [-0.15, -0.1) is 0 Å². The predicted molar refractivity (Wildman–Crippen MR) is 88.8 cm³/mol. The highest BCUT2D eigenvalue weighted by atomic mass is 35.5. The Hall–Kier alpha value is -0.970. The Morgan fingerprint density at radius 1 is 1.27 bits per heavy atom. The molecule has 122 valence electrons. The molecule has 1 aliphatic heterocycles. The third kappa shape index (κ3) is 3.34. The second-order valence-electron chi connectivity index (χ2n) is 6.57. The summed E-state index contributed by atoms with van der Waals surface area (Å²) in [4.78, 5) is 2.32. The predicted octanol–water partition coefficient (Wildman–Crippen LogP) is 3.09. The Morgan fingerprint density at radius 3 is 2.64 bits per heavy atom. The van der Waals surface area contributed by atoms with Gasteiger partial charge in [-0.05, 0) is 56.3 Å². The molecule has 0 amide bonds. The molecule has 0 aromatic heterocycles. The van der Waals surface area contributed by atoms with E-state index < -0.39 is 0 Å². The number of hydrogen-bond acceptors (Lipinski definition) is 4. The van der Waals surface area contributed by atoms with Crippen molar-refractivity contribution >= 4 is 11.6 Å². The highest BCUT2D eigenvalue weighted by Gasteiger charge is 2.32. The van der Waals surface area contributed by atoms with Crippen molar-refractivity contribution in [2.45, 2.75) is 25.3 Å². The van der Waals surface area contributed by atoms with E-state index in [1.165, 1.54) is 12.8 Å². The summed E-state index contributed by atoms with van der Waals surface area (Å²) in [5.41, 5.74) is 6.93. The van der Waals surface area contributed by atoms with Crippen LogP contribution in [0.5, 0.6) is 11.5 Å². The summed E-state index contributed by atoms with van der Waals surface area (Å²) in [6, 6.07) is 4.24. The zero-order valence-corrected chi connectivity index (χ0v) is 14.1. The zero-order valence-electron chi connectivity index (χ0n) is 13.3. The molecule has 3 rings (SSSR count). The molecular formula is C17H25ClN2O2. The van der Waals surface area contributed by atoms with Crippen LogP contribution in [0.25, 0.3) is 0 Å². The summed E-state index contributed by atoms with van der Waals surface area (Å²) in [6.45, 7) is 2.49. The van der Waals surface area contributed by atoms with Gasteiger partial charge < -0.3 is 15.2 Å². The van der Waals surface area contributed by atoms with E-state index in [2.05, 4.69) is 11.9 Å². The van der Waals surface area contributed by atoms with Crippen LogP contribution in [0.15, 0.2) is 12.1 Å². The number of methoxy groups -OCH3 is 1. The molecule has 1 aromatic carbocycles. The fourth-order valence-corrected chi connectivity index (χ4v) is 3.49. The fourth-order valence-electron chi connectivity index (χ4n) is 3.21. The van der Waals surface area contributed by atoms with Crippen molar-refractivity contribution in [3.8, 4) is 11.5 Å². The first kappa shape index (κ1) is 15.9. The topological polar surface area (TPSA) is 47.7 Å². The fraction of sp³-hybridized carbons (Fsp3) is 0.647. The molecule has 1 saturated heterocycles. The highest BCUT2D eigenvalue weighted by molar-refractivity contribution is 6.31. The summed E-state index contributed by atoms with van der Waals surface area (Å²) in [6.07, 6.45) is 3.57. The molecule has 1 saturated carbocycles. The van der Waals surface area contributed by atoms with Crippen LogP contribution in [0.2, 0.25) is 5.02 Å². The third-order valence-corrected chi connectivity index (χ3v) is 5.11. The maximum atomic E-state index is 6.53. The first-order chi connectivity index (χ1) is 10.6. The third-order valence-electron chi connectivity index (χ3n) is 4.78. The molecule has 2 unspecified atom stereocenters. The molecule has 4 nitrogen and oxygen atoms in total. The lowest BCUT2D eigenvalue weighted by molar-refractivity contribution is 0.278. The smallest absolute Gasteiger partial charge is 0.162 e. The number of likely N-dealkylation sites (tertiary alicyclic amines) is 1. The largest absolute Gasteiger partial charge is 0.493 e. The van der Waals surface area contributed by atoms with Gasteiger partial charge in [-0.25, -0.2) is 0 Å². The van der Waals surface area contributed by atoms with Gasteiger partial charge in [0.05, 0.1) is 13.7 Å². The van der Waals surface area contributed by atoms with Crippen LogP contribution in [-0.2, 0) is 0 Å². The van der Waals surface area contributed by atoms with Gasteiger partial charge in [-0.3, -0.25) is 4.90 Å². The van der Waals surface area contributed by atoms with Crippen LogP contribution in [0.1, 0.15) is 30.9 Å². The van der Waals surface area contributed by atoms with Crippen LogP contribution in [0.3, 0.4) is 0 Å². The Kier molecular flexibility index (Phi) is 4.81. The van der Waals surface area contributed by atoms with Crippen molar-refractivity contribution in [3.05, 3.63) is 22.7 Å². The molecular weight excluding hydrogens is 300 g/mol. The molecule has 0 radical (unpaired) electrons. The minimum Gasteiger partial charge on any atom is -0.493 e. The van der Waals surface area contributed by atoms with Gasteiger partial charge >= 0.3 is 0 Å². The van der Waals surface area contributed by atoms with Crippen LogP contribution < -0.4 is 15.2 Å². The van der Waals surface area contributed by atoms with Crippen molar-refractivity contribution < 1.29 is 9.47 Å². The van der Waals surface area contributed by atoms with Crippen LogP contribution in [0, 0.1) is 11.8 Å². The van der Waals surface area contributed by atoms with Gasteiger partial charge in [0.2, 0.25) is 0 Å². The summed E-state index contributed by atoms with van der Waals surface area (Å²) < 4.78 is 11.4. The summed E-state index contributed by atoms with van der Waals surface area (Å²) in [7, 11) is 3.80. The number of benzene rings is 1. The van der Waals surface area contributed by atoms with Gasteiger partial charge in [0.15, 0.2) is 11.5 Å². The number of hydrogen-bond donors (Lipinski definition) is 1. The number of halogens is 1. The van der Waals surface area contributed by atoms with E-state index in [9.17, 15) is 0 Å². The van der Waals surface area contributed by atoms with Crippen molar-refractivity contribution in [2.75, 3.05) is 33.9 Å². The van der Waals surface area contributed by atoms with E-state index in [0.717, 1.165) is 48.2 Å². The average Bonchev–Trinajstić information content (AvgIpc) is 3.27. The lowest BCUT2D eigenvalue weighted by Gasteiger charge is -2.22. The van der Waals surface area contributed by atoms with Gasteiger partial charge in [0.25, 0.3) is 0 Å². The van der Waals surface area contributed by atoms with Crippen molar-refractivity contribution in [3.63, 3.8) is 0 Å². The lowest BCUT2D eigenvalue weighted by Crippen LogP contribution is -2.20. The quantitative estimate of drug-likeness (QED) is 0.873. The van der Waals surface area contributed by atoms with Crippen LogP contribution in [-0.4, -0.2) is 38.8 Å². The number of nitrogens with zero attached hydrogens (tertiary/aromatic N) is 1. The maximum Gasteiger partial charge on any atom is 0.162 e. The van der Waals surface area contributed by atoms with Gasteiger partial charge in [0.1, 0.15) is 0 Å². The standard InChI is InChI=1S/C17H25ClN2O2/c1-20-9-12(8-19)5-15(20)13-6-16(21-2)17(7-14(13)18)22-10-11-3-4-11/h6-7,11-12,15H,3-5,8-10,19H2,1-2H3. The van der Waals surface area contributed by atoms with Crippen LogP contribution in [0.4, 0.5) is 0 Å². The Balaban J connectivity index is 1.82. The number of nitrogens with two attached hydrogens (primary N) is 1. The van der Waals surface area contributed by atoms with Crippen molar-refractivity contribution in [2.24, 2.45) is 17.6 Å². The molecule has 1 aromatic rings. The zero-order chi connectivity index (χ0) is 15.7. The summed E-state index contributed by atoms with van der Waals surface area (Å²) in [5.74, 6) is 2.75. The van der Waals surface area contributed by atoms with E-state index in [-0.39, 0.29) is 0 Å². The van der Waals surface area contributed by atoms with Crippen molar-refractivity contribution in [1.29, 1.82) is 0 Å². The van der Waals surface area contributed by atoms with Crippen molar-refractivity contribution in [1.82, 2.24) is 4.90 Å². The second kappa shape index (κ2) is 6.65. The van der Waals surface area contributed by atoms with E-state index >= 15 is 0 Å². The Labute approximate surface area is 137 Å². The molecule has 2 aliphatic rings. The molecule has 0 bridgehead atoms. The lowest BCUT2D eigenvalue weighted by atomic mass is 9.99. The molecule has 0 spiro atoms. The summed E-state index contributed by atoms with van der Waals surface area (Å²) >= 11 is 6.53. The van der Waals surface area contributed by atoms with Gasteiger partial charge in [0, 0.05) is 23.7 Å². The van der Waals surface area contributed by atoms with E-state index in [4.69, 9.17) is 26.8 Å². The molecule has 1 heterocycles. The molecule has 2 N–H and O–H groups in total. The van der Waals surface area contributed by atoms with Gasteiger partial charge in [-0.1, -0.05) is 11.6 Å². The van der Waals surface area contributed by atoms with E-state index in [0.29, 0.717) is 17.9 Å². The first-order valence-electron chi connectivity index (χ1n) is 8.03. The number of rotatable bonds is 6. The minimum absolute atomic E-state index is 0.299. The van der Waals surface area contributed by atoms with Gasteiger partial charge in [-0.2, -0.15) is 0 Å². The highest BCUT2D eigenvalue weighted by Crippen LogP contribution is 2.42. The molecule has 22 heavy (non-hydrogen) atoms. The van der Waals surface area contributed by atoms with Crippen LogP contribution >= 0.6 is 11.6 Å². The van der Waals surface area contributed by atoms with E-state index in [1.807, 2.05) is 12.1 Å². The summed E-state index contributed by atoms with van der Waals surface area (Å²) in [5, 5.41) is 0.751.